The third-order valence-corrected chi connectivity index (χ3v) is 3.49. The number of benzene rings is 1. The fourth-order valence-electron chi connectivity index (χ4n) is 2.23. The molecule has 2 amide bonds. The van der Waals surface area contributed by atoms with E-state index >= 15 is 0 Å². The van der Waals surface area contributed by atoms with Crippen LogP contribution in [0.3, 0.4) is 0 Å². The minimum Gasteiger partial charge on any atom is -0.362 e. The number of carbonyl (C=O) groups is 2. The highest BCUT2D eigenvalue weighted by molar-refractivity contribution is 5.91. The highest BCUT2D eigenvalue weighted by Gasteiger charge is 2.09. The highest BCUT2D eigenvalue weighted by Crippen LogP contribution is 2.08. The number of anilines is 1. The standard InChI is InChI=1S/C18H27FN2O3/c1-3-4-5-6-7-14(2)20-17(22)12-24-13-18(23)21-16-10-8-15(19)9-11-16/h8-11,14H,3-7,12-13H2,1-2H3,(H,20,22)(H,21,23)/t14-/m0/s1. The van der Waals surface area contributed by atoms with Crippen LogP contribution in [0.1, 0.15) is 46.0 Å². The molecule has 0 radical (unpaired) electrons. The summed E-state index contributed by atoms with van der Waals surface area (Å²) in [4.78, 5) is 23.4. The van der Waals surface area contributed by atoms with Crippen LogP contribution in [-0.2, 0) is 14.3 Å². The molecule has 0 spiro atoms. The van der Waals surface area contributed by atoms with E-state index < -0.39 is 0 Å². The van der Waals surface area contributed by atoms with Gasteiger partial charge in [-0.3, -0.25) is 9.59 Å². The molecule has 1 aromatic rings. The molecule has 0 aliphatic rings. The number of hydrogen-bond donors (Lipinski definition) is 2. The summed E-state index contributed by atoms with van der Waals surface area (Å²) in [5.41, 5.74) is 0.482. The predicted molar refractivity (Wildman–Crippen MR) is 92.2 cm³/mol. The van der Waals surface area contributed by atoms with Gasteiger partial charge in [0.1, 0.15) is 19.0 Å². The molecule has 1 rings (SSSR count). The Morgan fingerprint density at radius 1 is 1.08 bits per heavy atom. The summed E-state index contributed by atoms with van der Waals surface area (Å²) >= 11 is 0. The summed E-state index contributed by atoms with van der Waals surface area (Å²) in [5.74, 6) is -0.987. The first-order chi connectivity index (χ1) is 11.5. The maximum Gasteiger partial charge on any atom is 0.250 e. The molecule has 0 fully saturated rings. The zero-order valence-corrected chi connectivity index (χ0v) is 14.4. The number of amides is 2. The van der Waals surface area contributed by atoms with Gasteiger partial charge in [-0.25, -0.2) is 4.39 Å². The van der Waals surface area contributed by atoms with Crippen LogP contribution in [0.4, 0.5) is 10.1 Å². The summed E-state index contributed by atoms with van der Waals surface area (Å²) in [7, 11) is 0. The number of rotatable bonds is 11. The van der Waals surface area contributed by atoms with Crippen molar-refractivity contribution in [3.8, 4) is 0 Å². The molecule has 0 heterocycles. The third-order valence-electron chi connectivity index (χ3n) is 3.49. The molecular formula is C18H27FN2O3. The van der Waals surface area contributed by atoms with Gasteiger partial charge in [-0.2, -0.15) is 0 Å². The van der Waals surface area contributed by atoms with Crippen LogP contribution in [0.2, 0.25) is 0 Å². The van der Waals surface area contributed by atoms with Crippen molar-refractivity contribution in [2.24, 2.45) is 0 Å². The lowest BCUT2D eigenvalue weighted by atomic mass is 10.1. The normalized spacial score (nSPS) is 11.8. The molecule has 0 unspecified atom stereocenters. The first kappa shape index (κ1) is 20.1. The maximum absolute atomic E-state index is 12.8. The largest absolute Gasteiger partial charge is 0.362 e. The summed E-state index contributed by atoms with van der Waals surface area (Å²) in [6, 6.07) is 5.53. The Morgan fingerprint density at radius 2 is 1.75 bits per heavy atom. The van der Waals surface area contributed by atoms with E-state index in [0.29, 0.717) is 5.69 Å². The molecule has 2 N–H and O–H groups in total. The Morgan fingerprint density at radius 3 is 2.42 bits per heavy atom. The van der Waals surface area contributed by atoms with E-state index in [1.54, 1.807) is 0 Å². The second-order valence-electron chi connectivity index (χ2n) is 5.87. The van der Waals surface area contributed by atoms with Crippen molar-refractivity contribution in [3.63, 3.8) is 0 Å². The third kappa shape index (κ3) is 9.25. The molecule has 134 valence electrons. The molecule has 0 aromatic heterocycles. The van der Waals surface area contributed by atoms with Crippen molar-refractivity contribution >= 4 is 17.5 Å². The predicted octanol–water partition coefficient (Wildman–Crippen LogP) is 3.26. The van der Waals surface area contributed by atoms with Gasteiger partial charge < -0.3 is 15.4 Å². The average Bonchev–Trinajstić information content (AvgIpc) is 2.54. The molecule has 0 saturated carbocycles. The van der Waals surface area contributed by atoms with Crippen LogP contribution in [0.15, 0.2) is 24.3 Å². The van der Waals surface area contributed by atoms with Crippen molar-refractivity contribution in [2.45, 2.75) is 52.0 Å². The van der Waals surface area contributed by atoms with E-state index in [1.807, 2.05) is 6.92 Å². The van der Waals surface area contributed by atoms with E-state index in [9.17, 15) is 14.0 Å². The van der Waals surface area contributed by atoms with Gasteiger partial charge >= 0.3 is 0 Å². The lowest BCUT2D eigenvalue weighted by molar-refractivity contribution is -0.129. The lowest BCUT2D eigenvalue weighted by Gasteiger charge is -2.13. The van der Waals surface area contributed by atoms with Crippen LogP contribution in [0.5, 0.6) is 0 Å². The number of ether oxygens (including phenoxy) is 1. The SMILES string of the molecule is CCCCCC[C@H](C)NC(=O)COCC(=O)Nc1ccc(F)cc1. The van der Waals surface area contributed by atoms with Gasteiger partial charge in [0.05, 0.1) is 0 Å². The van der Waals surface area contributed by atoms with Crippen LogP contribution >= 0.6 is 0 Å². The zero-order chi connectivity index (χ0) is 17.8. The van der Waals surface area contributed by atoms with Crippen LogP contribution in [-0.4, -0.2) is 31.1 Å². The Balaban J connectivity index is 2.13. The molecule has 0 saturated heterocycles. The maximum atomic E-state index is 12.8. The Bertz CT molecular complexity index is 505. The number of unbranched alkanes of at least 4 members (excludes halogenated alkanes) is 3. The van der Waals surface area contributed by atoms with Gasteiger partial charge in [0.2, 0.25) is 11.8 Å². The minimum atomic E-state index is -0.387. The smallest absolute Gasteiger partial charge is 0.250 e. The molecular weight excluding hydrogens is 311 g/mol. The number of nitrogens with one attached hydrogen (secondary N) is 2. The molecule has 0 aliphatic heterocycles. The average molecular weight is 338 g/mol. The zero-order valence-electron chi connectivity index (χ0n) is 14.4. The Kier molecular flexibility index (Phi) is 9.68. The molecule has 0 aliphatic carbocycles. The first-order valence-corrected chi connectivity index (χ1v) is 8.43. The lowest BCUT2D eigenvalue weighted by Crippen LogP contribution is -2.36. The van der Waals surface area contributed by atoms with Gasteiger partial charge in [0, 0.05) is 11.7 Å². The Labute approximate surface area is 143 Å². The molecule has 1 atom stereocenters. The topological polar surface area (TPSA) is 67.4 Å². The van der Waals surface area contributed by atoms with Crippen LogP contribution in [0.25, 0.3) is 0 Å². The monoisotopic (exact) mass is 338 g/mol. The van der Waals surface area contributed by atoms with Crippen molar-refractivity contribution < 1.29 is 18.7 Å². The number of hydrogen-bond acceptors (Lipinski definition) is 3. The van der Waals surface area contributed by atoms with Crippen molar-refractivity contribution in [3.05, 3.63) is 30.1 Å². The van der Waals surface area contributed by atoms with E-state index in [2.05, 4.69) is 17.6 Å². The minimum absolute atomic E-state index is 0.103. The van der Waals surface area contributed by atoms with Gasteiger partial charge in [-0.15, -0.1) is 0 Å². The van der Waals surface area contributed by atoms with E-state index in [1.165, 1.54) is 43.5 Å². The summed E-state index contributed by atoms with van der Waals surface area (Å²) < 4.78 is 17.9. The molecule has 0 bridgehead atoms. The van der Waals surface area contributed by atoms with Gasteiger partial charge in [0.25, 0.3) is 0 Å². The molecule has 5 nitrogen and oxygen atoms in total. The van der Waals surface area contributed by atoms with E-state index in [-0.39, 0.29) is 36.9 Å². The molecule has 1 aromatic carbocycles. The van der Waals surface area contributed by atoms with E-state index in [0.717, 1.165) is 12.8 Å². The van der Waals surface area contributed by atoms with Crippen LogP contribution in [0, 0.1) is 5.82 Å². The molecule has 6 heteroatoms. The Hall–Kier alpha value is -1.95. The summed E-state index contributed by atoms with van der Waals surface area (Å²) in [6.45, 7) is 3.74. The second kappa shape index (κ2) is 11.6. The number of carbonyl (C=O) groups excluding carboxylic acids is 2. The van der Waals surface area contributed by atoms with Gasteiger partial charge in [-0.05, 0) is 37.6 Å². The summed E-state index contributed by atoms with van der Waals surface area (Å²) in [5, 5.41) is 5.41. The van der Waals surface area contributed by atoms with Crippen molar-refractivity contribution in [1.29, 1.82) is 0 Å². The van der Waals surface area contributed by atoms with Gasteiger partial charge in [-0.1, -0.05) is 32.6 Å². The van der Waals surface area contributed by atoms with E-state index in [4.69, 9.17) is 4.74 Å². The first-order valence-electron chi connectivity index (χ1n) is 8.43. The van der Waals surface area contributed by atoms with Gasteiger partial charge in [0.15, 0.2) is 0 Å². The fourth-order valence-corrected chi connectivity index (χ4v) is 2.23. The van der Waals surface area contributed by atoms with Crippen LogP contribution < -0.4 is 10.6 Å². The van der Waals surface area contributed by atoms with Crippen molar-refractivity contribution in [2.75, 3.05) is 18.5 Å². The number of halogens is 1. The fraction of sp³-hybridized carbons (Fsp3) is 0.556. The second-order valence-corrected chi connectivity index (χ2v) is 5.87. The molecule has 24 heavy (non-hydrogen) atoms. The highest BCUT2D eigenvalue weighted by atomic mass is 19.1. The summed E-state index contributed by atoms with van der Waals surface area (Å²) in [6.07, 6.45) is 5.62. The van der Waals surface area contributed by atoms with Crippen molar-refractivity contribution in [1.82, 2.24) is 5.32 Å². The quantitative estimate of drug-likeness (QED) is 0.609.